The third-order valence-electron chi connectivity index (χ3n) is 5.65. The molecular weight excluding hydrogens is 408 g/mol. The lowest BCUT2D eigenvalue weighted by Crippen LogP contribution is -2.47. The minimum atomic E-state index is 0.654. The van der Waals surface area contributed by atoms with Gasteiger partial charge in [-0.25, -0.2) is 15.0 Å². The van der Waals surface area contributed by atoms with Crippen molar-refractivity contribution in [2.75, 3.05) is 50.2 Å². The SMILES string of the molecule is COc1cc2ncnc(N3CCN(c4cncc(-c5cnn(C)c5)n4)CC3)c2cc1OC. The number of nitrogens with zero attached hydrogens (tertiary/aromatic N) is 8. The molecule has 0 saturated carbocycles. The Labute approximate surface area is 185 Å². The van der Waals surface area contributed by atoms with E-state index in [4.69, 9.17) is 14.5 Å². The van der Waals surface area contributed by atoms with Crippen molar-refractivity contribution in [2.45, 2.75) is 0 Å². The van der Waals surface area contributed by atoms with Gasteiger partial charge in [0.15, 0.2) is 11.5 Å². The van der Waals surface area contributed by atoms with Gasteiger partial charge in [-0.05, 0) is 6.07 Å². The average molecular weight is 432 g/mol. The van der Waals surface area contributed by atoms with Gasteiger partial charge in [-0.15, -0.1) is 0 Å². The number of hydrogen-bond donors (Lipinski definition) is 0. The zero-order chi connectivity index (χ0) is 22.1. The highest BCUT2D eigenvalue weighted by Crippen LogP contribution is 2.35. The number of ether oxygens (including phenoxy) is 2. The largest absolute Gasteiger partial charge is 0.493 e. The Morgan fingerprint density at radius 3 is 2.34 bits per heavy atom. The molecule has 4 heterocycles. The summed E-state index contributed by atoms with van der Waals surface area (Å²) in [6, 6.07) is 3.83. The molecule has 0 atom stereocenters. The number of piperazine rings is 1. The van der Waals surface area contributed by atoms with E-state index >= 15 is 0 Å². The smallest absolute Gasteiger partial charge is 0.162 e. The van der Waals surface area contributed by atoms with E-state index in [0.29, 0.717) is 11.5 Å². The lowest BCUT2D eigenvalue weighted by Gasteiger charge is -2.36. The van der Waals surface area contributed by atoms with Gasteiger partial charge in [-0.1, -0.05) is 0 Å². The predicted molar refractivity (Wildman–Crippen MR) is 121 cm³/mol. The lowest BCUT2D eigenvalue weighted by atomic mass is 10.2. The van der Waals surface area contributed by atoms with Crippen LogP contribution in [-0.2, 0) is 7.05 Å². The Morgan fingerprint density at radius 2 is 1.62 bits per heavy atom. The second-order valence-electron chi connectivity index (χ2n) is 7.56. The van der Waals surface area contributed by atoms with Gasteiger partial charge in [0, 0.05) is 56.4 Å². The number of aromatic nitrogens is 6. The van der Waals surface area contributed by atoms with Crippen LogP contribution in [-0.4, -0.2) is 70.1 Å². The average Bonchev–Trinajstić information content (AvgIpc) is 3.29. The van der Waals surface area contributed by atoms with Crippen LogP contribution in [0.3, 0.4) is 0 Å². The molecule has 1 fully saturated rings. The summed E-state index contributed by atoms with van der Waals surface area (Å²) in [5.41, 5.74) is 2.60. The summed E-state index contributed by atoms with van der Waals surface area (Å²) >= 11 is 0. The van der Waals surface area contributed by atoms with Gasteiger partial charge in [-0.2, -0.15) is 5.10 Å². The maximum Gasteiger partial charge on any atom is 0.162 e. The van der Waals surface area contributed by atoms with Gasteiger partial charge >= 0.3 is 0 Å². The fraction of sp³-hybridized carbons (Fsp3) is 0.318. The molecule has 0 unspecified atom stereocenters. The van der Waals surface area contributed by atoms with Gasteiger partial charge in [-0.3, -0.25) is 9.67 Å². The van der Waals surface area contributed by atoms with E-state index in [1.165, 1.54) is 0 Å². The minimum absolute atomic E-state index is 0.654. The number of rotatable bonds is 5. The number of hydrogen-bond acceptors (Lipinski definition) is 9. The van der Waals surface area contributed by atoms with E-state index in [0.717, 1.165) is 60.0 Å². The van der Waals surface area contributed by atoms with E-state index in [2.05, 4.69) is 29.9 Å². The molecule has 0 N–H and O–H groups in total. The maximum atomic E-state index is 5.48. The van der Waals surface area contributed by atoms with Crippen molar-refractivity contribution in [3.63, 3.8) is 0 Å². The number of fused-ring (bicyclic) bond motifs is 1. The molecule has 0 amide bonds. The lowest BCUT2D eigenvalue weighted by molar-refractivity contribution is 0.356. The molecule has 10 heteroatoms. The van der Waals surface area contributed by atoms with Crippen LogP contribution in [0.5, 0.6) is 11.5 Å². The number of aryl methyl sites for hydroxylation is 1. The quantitative estimate of drug-likeness (QED) is 0.470. The van der Waals surface area contributed by atoms with Crippen LogP contribution in [0.25, 0.3) is 22.2 Å². The number of methoxy groups -OCH3 is 2. The molecule has 0 spiro atoms. The fourth-order valence-corrected chi connectivity index (χ4v) is 3.97. The minimum Gasteiger partial charge on any atom is -0.493 e. The van der Waals surface area contributed by atoms with Crippen molar-refractivity contribution in [2.24, 2.45) is 7.05 Å². The summed E-state index contributed by atoms with van der Waals surface area (Å²) in [6.07, 6.45) is 8.92. The second-order valence-corrected chi connectivity index (χ2v) is 7.56. The van der Waals surface area contributed by atoms with E-state index in [9.17, 15) is 0 Å². The molecule has 5 rings (SSSR count). The van der Waals surface area contributed by atoms with Crippen molar-refractivity contribution in [3.05, 3.63) is 43.2 Å². The van der Waals surface area contributed by atoms with Crippen LogP contribution in [0.1, 0.15) is 0 Å². The van der Waals surface area contributed by atoms with Crippen molar-refractivity contribution < 1.29 is 9.47 Å². The molecule has 4 aromatic rings. The molecule has 1 aliphatic heterocycles. The molecule has 1 aromatic carbocycles. The Balaban J connectivity index is 1.37. The Morgan fingerprint density at radius 1 is 0.875 bits per heavy atom. The van der Waals surface area contributed by atoms with E-state index in [1.54, 1.807) is 37.6 Å². The van der Waals surface area contributed by atoms with Crippen LogP contribution in [0.4, 0.5) is 11.6 Å². The van der Waals surface area contributed by atoms with E-state index < -0.39 is 0 Å². The standard InChI is InChI=1S/C22H24N8O2/c1-28-13-15(10-26-28)18-11-23-12-21(27-18)29-4-6-30(7-5-29)22-16-8-19(31-2)20(32-3)9-17(16)24-14-25-22/h8-14H,4-7H2,1-3H3. The summed E-state index contributed by atoms with van der Waals surface area (Å²) in [6.45, 7) is 3.23. The molecule has 10 nitrogen and oxygen atoms in total. The van der Waals surface area contributed by atoms with Crippen molar-refractivity contribution in [3.8, 4) is 22.8 Å². The van der Waals surface area contributed by atoms with Crippen molar-refractivity contribution in [1.29, 1.82) is 0 Å². The summed E-state index contributed by atoms with van der Waals surface area (Å²) in [5, 5.41) is 5.17. The number of benzene rings is 1. The second kappa shape index (κ2) is 8.29. The molecule has 32 heavy (non-hydrogen) atoms. The summed E-state index contributed by atoms with van der Waals surface area (Å²) < 4.78 is 12.7. The first-order valence-electron chi connectivity index (χ1n) is 10.3. The zero-order valence-electron chi connectivity index (χ0n) is 18.3. The summed E-state index contributed by atoms with van der Waals surface area (Å²) in [5.74, 6) is 3.08. The van der Waals surface area contributed by atoms with Crippen LogP contribution < -0.4 is 19.3 Å². The van der Waals surface area contributed by atoms with Crippen molar-refractivity contribution >= 4 is 22.5 Å². The highest BCUT2D eigenvalue weighted by atomic mass is 16.5. The molecule has 1 saturated heterocycles. The molecule has 164 valence electrons. The van der Waals surface area contributed by atoms with Gasteiger partial charge in [0.2, 0.25) is 0 Å². The summed E-state index contributed by atoms with van der Waals surface area (Å²) in [4.78, 5) is 22.7. The van der Waals surface area contributed by atoms with Crippen LogP contribution in [0.2, 0.25) is 0 Å². The van der Waals surface area contributed by atoms with Gasteiger partial charge < -0.3 is 19.3 Å². The third kappa shape index (κ3) is 3.64. The molecular formula is C22H24N8O2. The normalized spacial score (nSPS) is 14.1. The van der Waals surface area contributed by atoms with Crippen LogP contribution in [0.15, 0.2) is 43.2 Å². The highest BCUT2D eigenvalue weighted by molar-refractivity contribution is 5.92. The Hall–Kier alpha value is -3.95. The highest BCUT2D eigenvalue weighted by Gasteiger charge is 2.22. The maximum absolute atomic E-state index is 5.48. The molecule has 0 radical (unpaired) electrons. The fourth-order valence-electron chi connectivity index (χ4n) is 3.97. The molecule has 0 aliphatic carbocycles. The topological polar surface area (TPSA) is 94.3 Å². The zero-order valence-corrected chi connectivity index (χ0v) is 18.3. The first-order valence-corrected chi connectivity index (χ1v) is 10.3. The van der Waals surface area contributed by atoms with E-state index in [1.807, 2.05) is 31.6 Å². The molecule has 3 aromatic heterocycles. The summed E-state index contributed by atoms with van der Waals surface area (Å²) in [7, 11) is 5.15. The van der Waals surface area contributed by atoms with Gasteiger partial charge in [0.05, 0.1) is 44.0 Å². The first-order chi connectivity index (χ1) is 15.7. The first kappa shape index (κ1) is 20.0. The molecule has 0 bridgehead atoms. The van der Waals surface area contributed by atoms with Gasteiger partial charge in [0.25, 0.3) is 0 Å². The van der Waals surface area contributed by atoms with Gasteiger partial charge in [0.1, 0.15) is 18.0 Å². The number of anilines is 2. The third-order valence-corrected chi connectivity index (χ3v) is 5.65. The Bertz CT molecular complexity index is 1250. The van der Waals surface area contributed by atoms with Crippen LogP contribution >= 0.6 is 0 Å². The predicted octanol–water partition coefficient (Wildman–Crippen LogP) is 2.16. The Kier molecular flexibility index (Phi) is 5.18. The van der Waals surface area contributed by atoms with Crippen molar-refractivity contribution in [1.82, 2.24) is 29.7 Å². The monoisotopic (exact) mass is 432 g/mol. The molecule has 1 aliphatic rings. The van der Waals surface area contributed by atoms with E-state index in [-0.39, 0.29) is 0 Å². The van der Waals surface area contributed by atoms with Crippen LogP contribution in [0, 0.1) is 0 Å².